The quantitative estimate of drug-likeness (QED) is 0.885. The van der Waals surface area contributed by atoms with Gasteiger partial charge in [0.1, 0.15) is 0 Å². The molecule has 0 aliphatic rings. The zero-order valence-electron chi connectivity index (χ0n) is 8.87. The molecule has 1 N–H and O–H groups in total. The molecule has 1 unspecified atom stereocenters. The van der Waals surface area contributed by atoms with E-state index in [0.717, 1.165) is 6.54 Å². The zero-order valence-corrected chi connectivity index (χ0v) is 10.4. The number of aliphatic hydroxyl groups is 1. The van der Waals surface area contributed by atoms with Crippen molar-refractivity contribution in [3.63, 3.8) is 0 Å². The number of nitrogens with zero attached hydrogens (tertiary/aromatic N) is 1. The predicted octanol–water partition coefficient (Wildman–Crippen LogP) is 2.98. The number of hydrogen-bond donors (Lipinski definition) is 1. The summed E-state index contributed by atoms with van der Waals surface area (Å²) < 4.78 is 0. The molecule has 0 fully saturated rings. The molecule has 1 aromatic carbocycles. The smallest absolute Gasteiger partial charge is 0.0817 e. The fourth-order valence-electron chi connectivity index (χ4n) is 1.31. The Balaban J connectivity index is 2.72. The Kier molecular flexibility index (Phi) is 4.87. The first kappa shape index (κ1) is 12.8. The molecule has 1 aromatic rings. The van der Waals surface area contributed by atoms with Crippen LogP contribution < -0.4 is 0 Å². The van der Waals surface area contributed by atoms with Crippen molar-refractivity contribution in [2.75, 3.05) is 20.6 Å². The number of hydrogen-bond acceptors (Lipinski definition) is 2. The van der Waals surface area contributed by atoms with Crippen molar-refractivity contribution in [3.8, 4) is 0 Å². The highest BCUT2D eigenvalue weighted by atomic mass is 35.5. The van der Waals surface area contributed by atoms with Gasteiger partial charge < -0.3 is 10.0 Å². The number of rotatable bonds is 4. The zero-order chi connectivity index (χ0) is 11.4. The molecule has 15 heavy (non-hydrogen) atoms. The van der Waals surface area contributed by atoms with Gasteiger partial charge in [-0.25, -0.2) is 0 Å². The van der Waals surface area contributed by atoms with E-state index in [-0.39, 0.29) is 0 Å². The van der Waals surface area contributed by atoms with E-state index in [9.17, 15) is 5.11 Å². The monoisotopic (exact) mass is 247 g/mol. The minimum Gasteiger partial charge on any atom is -0.388 e. The lowest BCUT2D eigenvalue weighted by Crippen LogP contribution is -2.16. The van der Waals surface area contributed by atoms with E-state index in [4.69, 9.17) is 23.2 Å². The molecule has 0 heterocycles. The summed E-state index contributed by atoms with van der Waals surface area (Å²) in [5.41, 5.74) is 0.700. The summed E-state index contributed by atoms with van der Waals surface area (Å²) in [4.78, 5) is 2.02. The summed E-state index contributed by atoms with van der Waals surface area (Å²) in [5.74, 6) is 0. The first-order valence-electron chi connectivity index (χ1n) is 4.78. The van der Waals surface area contributed by atoms with Gasteiger partial charge >= 0.3 is 0 Å². The molecule has 0 saturated heterocycles. The molecule has 0 saturated carbocycles. The van der Waals surface area contributed by atoms with E-state index < -0.39 is 6.10 Å². The molecule has 0 aliphatic carbocycles. The van der Waals surface area contributed by atoms with Crippen molar-refractivity contribution in [3.05, 3.63) is 33.8 Å². The Morgan fingerprint density at radius 3 is 2.60 bits per heavy atom. The normalized spacial score (nSPS) is 13.2. The molecule has 84 valence electrons. The minimum absolute atomic E-state index is 0.557. The molecule has 4 heteroatoms. The molecular formula is C11H15Cl2NO. The summed E-state index contributed by atoms with van der Waals surface area (Å²) in [6.45, 7) is 0.810. The number of aliphatic hydroxyl groups excluding tert-OH is 1. The van der Waals surface area contributed by atoms with Gasteiger partial charge in [0.15, 0.2) is 0 Å². The van der Waals surface area contributed by atoms with Crippen LogP contribution >= 0.6 is 23.2 Å². The number of halogens is 2. The van der Waals surface area contributed by atoms with E-state index >= 15 is 0 Å². The van der Waals surface area contributed by atoms with Crippen molar-refractivity contribution in [2.45, 2.75) is 12.5 Å². The number of benzene rings is 1. The molecule has 0 bridgehead atoms. The first-order valence-corrected chi connectivity index (χ1v) is 5.54. The van der Waals surface area contributed by atoms with Crippen LogP contribution in [0.5, 0.6) is 0 Å². The predicted molar refractivity (Wildman–Crippen MR) is 64.6 cm³/mol. The summed E-state index contributed by atoms with van der Waals surface area (Å²) in [6.07, 6.45) is 0.0890. The second-order valence-electron chi connectivity index (χ2n) is 3.77. The van der Waals surface area contributed by atoms with Crippen LogP contribution in [0.25, 0.3) is 0 Å². The van der Waals surface area contributed by atoms with E-state index in [1.165, 1.54) is 0 Å². The van der Waals surface area contributed by atoms with Gasteiger partial charge in [-0.2, -0.15) is 0 Å². The lowest BCUT2D eigenvalue weighted by atomic mass is 10.1. The van der Waals surface area contributed by atoms with Crippen LogP contribution in [-0.4, -0.2) is 30.6 Å². The van der Waals surface area contributed by atoms with Gasteiger partial charge in [-0.15, -0.1) is 0 Å². The topological polar surface area (TPSA) is 23.5 Å². The molecule has 0 spiro atoms. The van der Waals surface area contributed by atoms with Gasteiger partial charge in [0.25, 0.3) is 0 Å². The van der Waals surface area contributed by atoms with Gasteiger partial charge in [-0.3, -0.25) is 0 Å². The first-order chi connectivity index (χ1) is 7.00. The molecule has 0 radical (unpaired) electrons. The third-order valence-corrected chi connectivity index (χ3v) is 2.75. The Hall–Kier alpha value is -0.280. The summed E-state index contributed by atoms with van der Waals surface area (Å²) in [7, 11) is 3.93. The molecule has 2 nitrogen and oxygen atoms in total. The summed E-state index contributed by atoms with van der Waals surface area (Å²) >= 11 is 11.8. The Bertz CT molecular complexity index is 328. The molecule has 0 aromatic heterocycles. The van der Waals surface area contributed by atoms with E-state index in [0.29, 0.717) is 22.0 Å². The van der Waals surface area contributed by atoms with Crippen LogP contribution in [0.15, 0.2) is 18.2 Å². The average molecular weight is 248 g/mol. The third-order valence-electron chi connectivity index (χ3n) is 2.17. The Morgan fingerprint density at radius 1 is 1.33 bits per heavy atom. The van der Waals surface area contributed by atoms with Crippen LogP contribution in [0, 0.1) is 0 Å². The van der Waals surface area contributed by atoms with E-state index in [1.807, 2.05) is 19.0 Å². The molecule has 1 atom stereocenters. The highest BCUT2D eigenvalue weighted by molar-refractivity contribution is 6.33. The van der Waals surface area contributed by atoms with Crippen LogP contribution in [0.1, 0.15) is 18.1 Å². The van der Waals surface area contributed by atoms with Crippen LogP contribution in [0.2, 0.25) is 10.0 Å². The lowest BCUT2D eigenvalue weighted by molar-refractivity contribution is 0.154. The van der Waals surface area contributed by atoms with Crippen molar-refractivity contribution >= 4 is 23.2 Å². The molecule has 0 aliphatic heterocycles. The van der Waals surface area contributed by atoms with Gasteiger partial charge in [0.05, 0.1) is 6.10 Å². The third kappa shape index (κ3) is 3.99. The van der Waals surface area contributed by atoms with Crippen molar-refractivity contribution < 1.29 is 5.11 Å². The average Bonchev–Trinajstić information content (AvgIpc) is 2.18. The Morgan fingerprint density at radius 2 is 2.00 bits per heavy atom. The maximum atomic E-state index is 9.90. The van der Waals surface area contributed by atoms with Crippen molar-refractivity contribution in [1.82, 2.24) is 4.90 Å². The fourth-order valence-corrected chi connectivity index (χ4v) is 1.73. The molecule has 0 amide bonds. The Labute approximate surface area is 100 Å². The summed E-state index contributed by atoms with van der Waals surface area (Å²) in [5, 5.41) is 11.1. The van der Waals surface area contributed by atoms with E-state index in [1.54, 1.807) is 18.2 Å². The summed E-state index contributed by atoms with van der Waals surface area (Å²) in [6, 6.07) is 5.13. The van der Waals surface area contributed by atoms with Gasteiger partial charge in [0.2, 0.25) is 0 Å². The minimum atomic E-state index is -0.557. The van der Waals surface area contributed by atoms with Crippen LogP contribution in [0.4, 0.5) is 0 Å². The fraction of sp³-hybridized carbons (Fsp3) is 0.455. The second kappa shape index (κ2) is 5.71. The van der Waals surface area contributed by atoms with E-state index in [2.05, 4.69) is 0 Å². The standard InChI is InChI=1S/C11H15Cl2NO/c1-14(2)6-5-11(15)9-7-8(12)3-4-10(9)13/h3-4,7,11,15H,5-6H2,1-2H3. The van der Waals surface area contributed by atoms with Crippen molar-refractivity contribution in [2.24, 2.45) is 0 Å². The van der Waals surface area contributed by atoms with Crippen LogP contribution in [0.3, 0.4) is 0 Å². The highest BCUT2D eigenvalue weighted by Gasteiger charge is 2.12. The van der Waals surface area contributed by atoms with Gasteiger partial charge in [-0.05, 0) is 38.7 Å². The maximum absolute atomic E-state index is 9.90. The largest absolute Gasteiger partial charge is 0.388 e. The molecular weight excluding hydrogens is 233 g/mol. The second-order valence-corrected chi connectivity index (χ2v) is 4.62. The maximum Gasteiger partial charge on any atom is 0.0817 e. The van der Waals surface area contributed by atoms with Gasteiger partial charge in [-0.1, -0.05) is 23.2 Å². The lowest BCUT2D eigenvalue weighted by Gasteiger charge is -2.15. The highest BCUT2D eigenvalue weighted by Crippen LogP contribution is 2.28. The molecule has 1 rings (SSSR count). The SMILES string of the molecule is CN(C)CCC(O)c1cc(Cl)ccc1Cl. The van der Waals surface area contributed by atoms with Crippen LogP contribution in [-0.2, 0) is 0 Å². The van der Waals surface area contributed by atoms with Gasteiger partial charge in [0, 0.05) is 22.2 Å². The van der Waals surface area contributed by atoms with Crippen molar-refractivity contribution in [1.29, 1.82) is 0 Å².